The summed E-state index contributed by atoms with van der Waals surface area (Å²) in [4.78, 5) is 42.9. The molecule has 0 atom stereocenters. The number of carbonyl (C=O) groups excluding carboxylic acids is 2. The van der Waals surface area contributed by atoms with Gasteiger partial charge in [-0.15, -0.1) is 0 Å². The monoisotopic (exact) mass is 672 g/mol. The van der Waals surface area contributed by atoms with Crippen LogP contribution in [-0.4, -0.2) is 29.4 Å². The lowest BCUT2D eigenvalue weighted by molar-refractivity contribution is 0.0988. The minimum Gasteiger partial charge on any atom is -0.288 e. The van der Waals surface area contributed by atoms with Crippen molar-refractivity contribution in [2.45, 2.75) is 79.1 Å². The highest BCUT2D eigenvalue weighted by Gasteiger charge is 2.41. The van der Waals surface area contributed by atoms with E-state index in [1.807, 2.05) is 50.3 Å². The van der Waals surface area contributed by atoms with Crippen molar-refractivity contribution in [2.75, 3.05) is 9.80 Å². The van der Waals surface area contributed by atoms with Gasteiger partial charge in [0.15, 0.2) is 23.2 Å². The molecule has 1 aliphatic carbocycles. The van der Waals surface area contributed by atoms with Crippen molar-refractivity contribution in [1.29, 1.82) is 0 Å². The molecule has 0 saturated heterocycles. The fourth-order valence-electron chi connectivity index (χ4n) is 7.47. The number of benzene rings is 4. The standard InChI is InChI=1S/C44H45BN4O2/c1-24(2)29-13-11-14-30(25(3)4)39(29)48-38(22-21-34-41(50)33-20-19-28(45)23-35(33)42(34)51)49(40-31(26(5)6)15-12-16-32(40)27(7)8)44-43(48)46-36-17-9-10-18-37(36)47-44/h9-27H,45H2,1-8H3/b34-21+. The van der Waals surface area contributed by atoms with Crippen LogP contribution in [0.25, 0.3) is 11.0 Å². The van der Waals surface area contributed by atoms with Gasteiger partial charge in [-0.1, -0.05) is 128 Å². The number of hydrogen-bond acceptors (Lipinski definition) is 6. The molecule has 2 heterocycles. The number of ketones is 2. The number of anilines is 4. The molecule has 1 aliphatic heterocycles. The van der Waals surface area contributed by atoms with Gasteiger partial charge in [-0.3, -0.25) is 19.4 Å². The van der Waals surface area contributed by atoms with Gasteiger partial charge in [-0.2, -0.15) is 0 Å². The second-order valence-corrected chi connectivity index (χ2v) is 15.0. The van der Waals surface area contributed by atoms with Crippen LogP contribution in [0.2, 0.25) is 0 Å². The Labute approximate surface area is 302 Å². The van der Waals surface area contributed by atoms with E-state index in [2.05, 4.69) is 102 Å². The molecule has 5 aromatic rings. The first-order chi connectivity index (χ1) is 24.4. The van der Waals surface area contributed by atoms with E-state index < -0.39 is 0 Å². The van der Waals surface area contributed by atoms with Crippen molar-refractivity contribution < 1.29 is 9.59 Å². The maximum absolute atomic E-state index is 13.8. The normalized spacial score (nSPS) is 15.1. The number of hydrogen-bond donors (Lipinski definition) is 0. The summed E-state index contributed by atoms with van der Waals surface area (Å²) >= 11 is 0. The average Bonchev–Trinajstić information content (AvgIpc) is 3.53. The molecule has 0 saturated carbocycles. The smallest absolute Gasteiger partial charge is 0.197 e. The molecule has 0 fully saturated rings. The fraction of sp³-hybridized carbons (Fsp3) is 0.273. The molecule has 7 heteroatoms. The van der Waals surface area contributed by atoms with Gasteiger partial charge in [0.25, 0.3) is 0 Å². The highest BCUT2D eigenvalue weighted by Crippen LogP contribution is 2.54. The highest BCUT2D eigenvalue weighted by atomic mass is 16.2. The predicted molar refractivity (Wildman–Crippen MR) is 213 cm³/mol. The Morgan fingerprint density at radius 3 is 1.41 bits per heavy atom. The number of aromatic nitrogens is 2. The van der Waals surface area contributed by atoms with Gasteiger partial charge < -0.3 is 0 Å². The van der Waals surface area contributed by atoms with Crippen molar-refractivity contribution in [3.63, 3.8) is 0 Å². The molecule has 51 heavy (non-hydrogen) atoms. The van der Waals surface area contributed by atoms with Crippen molar-refractivity contribution in [1.82, 2.24) is 9.97 Å². The lowest BCUT2D eigenvalue weighted by atomic mass is 9.91. The molecule has 0 unspecified atom stereocenters. The third-order valence-corrected chi connectivity index (χ3v) is 10.1. The van der Waals surface area contributed by atoms with E-state index >= 15 is 0 Å². The first kappa shape index (κ1) is 34.2. The first-order valence-electron chi connectivity index (χ1n) is 18.1. The molecule has 2 aliphatic rings. The Kier molecular flexibility index (Phi) is 8.78. The molecular formula is C44H45BN4O2. The molecule has 0 N–H and O–H groups in total. The van der Waals surface area contributed by atoms with Crippen LogP contribution in [0.15, 0.2) is 102 Å². The van der Waals surface area contributed by atoms with E-state index in [1.54, 1.807) is 12.1 Å². The van der Waals surface area contributed by atoms with Crippen LogP contribution >= 0.6 is 0 Å². The van der Waals surface area contributed by atoms with Crippen LogP contribution in [0.4, 0.5) is 23.0 Å². The maximum Gasteiger partial charge on any atom is 0.197 e. The van der Waals surface area contributed by atoms with Gasteiger partial charge >= 0.3 is 0 Å². The zero-order valence-electron chi connectivity index (χ0n) is 31.1. The Balaban J connectivity index is 1.61. The molecule has 0 amide bonds. The summed E-state index contributed by atoms with van der Waals surface area (Å²) in [6, 6.07) is 26.5. The second-order valence-electron chi connectivity index (χ2n) is 15.0. The molecule has 0 spiro atoms. The van der Waals surface area contributed by atoms with Crippen LogP contribution in [0.3, 0.4) is 0 Å². The van der Waals surface area contributed by atoms with Crippen LogP contribution in [-0.2, 0) is 0 Å². The number of nitrogens with zero attached hydrogens (tertiary/aromatic N) is 4. The lowest BCUT2D eigenvalue weighted by Gasteiger charge is -2.32. The molecule has 7 rings (SSSR count). The fourth-order valence-corrected chi connectivity index (χ4v) is 7.47. The Hall–Kier alpha value is -5.30. The average molecular weight is 673 g/mol. The molecule has 6 nitrogen and oxygen atoms in total. The number of carbonyl (C=O) groups is 2. The Morgan fingerprint density at radius 2 is 0.980 bits per heavy atom. The van der Waals surface area contributed by atoms with Crippen molar-refractivity contribution in [3.8, 4) is 0 Å². The van der Waals surface area contributed by atoms with Gasteiger partial charge in [0.1, 0.15) is 13.7 Å². The number of allylic oxidation sites excluding steroid dienone is 3. The molecule has 0 radical (unpaired) electrons. The summed E-state index contributed by atoms with van der Waals surface area (Å²) in [6.07, 6.45) is 3.67. The minimum atomic E-state index is -0.252. The van der Waals surface area contributed by atoms with E-state index in [-0.39, 0.29) is 40.8 Å². The van der Waals surface area contributed by atoms with E-state index in [0.29, 0.717) is 22.8 Å². The summed E-state index contributed by atoms with van der Waals surface area (Å²) in [7, 11) is 1.94. The first-order valence-corrected chi connectivity index (χ1v) is 18.1. The van der Waals surface area contributed by atoms with Gasteiger partial charge in [0.2, 0.25) is 0 Å². The lowest BCUT2D eigenvalue weighted by Crippen LogP contribution is -2.26. The maximum atomic E-state index is 13.8. The summed E-state index contributed by atoms with van der Waals surface area (Å²) in [5, 5.41) is 0. The van der Waals surface area contributed by atoms with E-state index in [4.69, 9.17) is 9.97 Å². The van der Waals surface area contributed by atoms with Crippen molar-refractivity contribution in [2.24, 2.45) is 0 Å². The van der Waals surface area contributed by atoms with Crippen molar-refractivity contribution in [3.05, 3.63) is 136 Å². The Morgan fingerprint density at radius 1 is 0.549 bits per heavy atom. The van der Waals surface area contributed by atoms with Crippen LogP contribution in [0, 0.1) is 0 Å². The van der Waals surface area contributed by atoms with E-state index in [9.17, 15) is 9.59 Å². The van der Waals surface area contributed by atoms with Crippen LogP contribution in [0.1, 0.15) is 122 Å². The van der Waals surface area contributed by atoms with E-state index in [1.165, 1.54) is 22.3 Å². The highest BCUT2D eigenvalue weighted by molar-refractivity contribution is 6.41. The van der Waals surface area contributed by atoms with Crippen LogP contribution in [0.5, 0.6) is 0 Å². The molecule has 256 valence electrons. The van der Waals surface area contributed by atoms with Gasteiger partial charge in [-0.25, -0.2) is 9.97 Å². The Bertz CT molecular complexity index is 2130. The largest absolute Gasteiger partial charge is 0.288 e. The summed E-state index contributed by atoms with van der Waals surface area (Å²) in [5.74, 6) is 2.51. The second kappa shape index (κ2) is 13.1. The summed E-state index contributed by atoms with van der Waals surface area (Å²) in [5.41, 5.74) is 10.4. The number of para-hydroxylation sites is 4. The van der Waals surface area contributed by atoms with Gasteiger partial charge in [-0.05, 0) is 70.2 Å². The molecular weight excluding hydrogens is 627 g/mol. The number of Topliss-reactive ketones (excluding diaryl/α,β-unsaturated/α-hetero) is 2. The third-order valence-electron chi connectivity index (χ3n) is 10.1. The van der Waals surface area contributed by atoms with Gasteiger partial charge in [0, 0.05) is 11.1 Å². The van der Waals surface area contributed by atoms with Crippen LogP contribution < -0.4 is 15.3 Å². The molecule has 1 aromatic heterocycles. The van der Waals surface area contributed by atoms with Gasteiger partial charge in [0.05, 0.1) is 28.0 Å². The topological polar surface area (TPSA) is 66.4 Å². The third kappa shape index (κ3) is 5.69. The number of rotatable bonds is 7. The van der Waals surface area contributed by atoms with E-state index in [0.717, 1.165) is 33.7 Å². The summed E-state index contributed by atoms with van der Waals surface area (Å²) in [6.45, 7) is 17.7. The zero-order chi connectivity index (χ0) is 36.3. The number of fused-ring (bicyclic) bond motifs is 3. The zero-order valence-corrected chi connectivity index (χ0v) is 31.1. The minimum absolute atomic E-state index is 0.160. The SMILES string of the molecule is Bc1ccc2c(c1)C(=O)/C(=C/C=C1N(c3c(C(C)C)cccc3C(C)C)c3nc4ccccc4nc3N1c1c(C(C)C)cccc1C(C)C)C2=O. The quantitative estimate of drug-likeness (QED) is 0.0975. The predicted octanol–water partition coefficient (Wildman–Crippen LogP) is 9.52. The summed E-state index contributed by atoms with van der Waals surface area (Å²) < 4.78 is 0. The molecule has 4 aromatic carbocycles. The molecule has 0 bridgehead atoms. The van der Waals surface area contributed by atoms with Crippen molar-refractivity contribution >= 4 is 58.9 Å².